The first-order chi connectivity index (χ1) is 8.85. The van der Waals surface area contributed by atoms with Crippen LogP contribution in [0.4, 0.5) is 0 Å². The summed E-state index contributed by atoms with van der Waals surface area (Å²) in [7, 11) is 0. The Balaban J connectivity index is 2.21. The number of aryl methyl sites for hydroxylation is 1. The van der Waals surface area contributed by atoms with Crippen molar-refractivity contribution in [1.29, 1.82) is 5.26 Å². The van der Waals surface area contributed by atoms with E-state index in [1.807, 2.05) is 0 Å². The maximum absolute atomic E-state index is 9.38. The Hall–Kier alpha value is -1.55. The van der Waals surface area contributed by atoms with E-state index in [4.69, 9.17) is 0 Å². The zero-order valence-electron chi connectivity index (χ0n) is 11.0. The SMILES string of the molecule is CCC1CC=C(C#N)c2c1ccc1c2CCCC1. The molecule has 18 heavy (non-hydrogen) atoms. The molecule has 92 valence electrons. The molecule has 2 aliphatic rings. The summed E-state index contributed by atoms with van der Waals surface area (Å²) in [5.41, 5.74) is 6.61. The maximum atomic E-state index is 9.38. The second-order valence-electron chi connectivity index (χ2n) is 5.45. The molecule has 1 nitrogen and oxygen atoms in total. The van der Waals surface area contributed by atoms with Crippen molar-refractivity contribution >= 4 is 5.57 Å². The van der Waals surface area contributed by atoms with Gasteiger partial charge in [-0.05, 0) is 66.7 Å². The third-order valence-corrected chi connectivity index (χ3v) is 4.49. The standard InChI is InChI=1S/C17H19N/c1-2-12-7-8-14(11-18)17-15-6-4-3-5-13(15)9-10-16(12)17/h8-10,12H,2-7H2,1H3. The number of hydrogen-bond acceptors (Lipinski definition) is 1. The van der Waals surface area contributed by atoms with Crippen LogP contribution >= 0.6 is 0 Å². The van der Waals surface area contributed by atoms with Crippen LogP contribution in [0.1, 0.15) is 60.8 Å². The third kappa shape index (κ3) is 1.68. The molecule has 1 heteroatoms. The minimum Gasteiger partial charge on any atom is -0.192 e. The van der Waals surface area contributed by atoms with Crippen LogP contribution in [0, 0.1) is 11.3 Å². The molecule has 1 aromatic rings. The molecule has 0 aliphatic heterocycles. The number of hydrogen-bond donors (Lipinski definition) is 0. The van der Waals surface area contributed by atoms with Gasteiger partial charge in [-0.1, -0.05) is 25.1 Å². The first-order valence-corrected chi connectivity index (χ1v) is 7.10. The number of rotatable bonds is 1. The molecule has 0 saturated carbocycles. The second kappa shape index (κ2) is 4.61. The van der Waals surface area contributed by atoms with Crippen LogP contribution < -0.4 is 0 Å². The third-order valence-electron chi connectivity index (χ3n) is 4.49. The van der Waals surface area contributed by atoms with Crippen molar-refractivity contribution in [3.8, 4) is 6.07 Å². The number of benzene rings is 1. The maximum Gasteiger partial charge on any atom is 0.0994 e. The highest BCUT2D eigenvalue weighted by Crippen LogP contribution is 2.40. The van der Waals surface area contributed by atoms with Gasteiger partial charge in [0.25, 0.3) is 0 Å². The molecule has 1 atom stereocenters. The summed E-state index contributed by atoms with van der Waals surface area (Å²) in [6, 6.07) is 7.02. The largest absolute Gasteiger partial charge is 0.192 e. The van der Waals surface area contributed by atoms with Crippen molar-refractivity contribution in [2.45, 2.75) is 51.4 Å². The van der Waals surface area contributed by atoms with Gasteiger partial charge in [-0.3, -0.25) is 0 Å². The van der Waals surface area contributed by atoms with E-state index in [1.165, 1.54) is 47.9 Å². The Morgan fingerprint density at radius 1 is 1.28 bits per heavy atom. The lowest BCUT2D eigenvalue weighted by Gasteiger charge is -2.28. The van der Waals surface area contributed by atoms with E-state index in [1.54, 1.807) is 0 Å². The zero-order chi connectivity index (χ0) is 12.5. The van der Waals surface area contributed by atoms with Gasteiger partial charge >= 0.3 is 0 Å². The molecule has 2 aliphatic carbocycles. The van der Waals surface area contributed by atoms with Gasteiger partial charge in [-0.15, -0.1) is 0 Å². The quantitative estimate of drug-likeness (QED) is 0.711. The fraction of sp³-hybridized carbons (Fsp3) is 0.471. The van der Waals surface area contributed by atoms with Gasteiger partial charge in [0, 0.05) is 0 Å². The van der Waals surface area contributed by atoms with Crippen LogP contribution in [0.15, 0.2) is 18.2 Å². The molecule has 0 N–H and O–H groups in total. The van der Waals surface area contributed by atoms with Gasteiger partial charge in [0.15, 0.2) is 0 Å². The van der Waals surface area contributed by atoms with Gasteiger partial charge in [0.1, 0.15) is 0 Å². The monoisotopic (exact) mass is 237 g/mol. The first-order valence-electron chi connectivity index (χ1n) is 7.10. The number of nitrogens with zero attached hydrogens (tertiary/aromatic N) is 1. The fourth-order valence-electron chi connectivity index (χ4n) is 3.48. The van der Waals surface area contributed by atoms with Crippen LogP contribution in [0.25, 0.3) is 5.57 Å². The number of fused-ring (bicyclic) bond motifs is 3. The van der Waals surface area contributed by atoms with Gasteiger partial charge in [0.05, 0.1) is 11.6 Å². The molecular weight excluding hydrogens is 218 g/mol. The summed E-state index contributed by atoms with van der Waals surface area (Å²) < 4.78 is 0. The predicted molar refractivity (Wildman–Crippen MR) is 74.3 cm³/mol. The average molecular weight is 237 g/mol. The lowest BCUT2D eigenvalue weighted by Crippen LogP contribution is -2.13. The minimum absolute atomic E-state index is 0.615. The van der Waals surface area contributed by atoms with Crippen molar-refractivity contribution in [2.75, 3.05) is 0 Å². The Bertz CT molecular complexity index is 545. The lowest BCUT2D eigenvalue weighted by atomic mass is 9.76. The van der Waals surface area contributed by atoms with Crippen molar-refractivity contribution in [1.82, 2.24) is 0 Å². The van der Waals surface area contributed by atoms with Gasteiger partial charge in [-0.2, -0.15) is 5.26 Å². The normalized spacial score (nSPS) is 21.6. The first kappa shape index (κ1) is 11.5. The highest BCUT2D eigenvalue weighted by Gasteiger charge is 2.25. The molecule has 0 heterocycles. The number of nitriles is 1. The lowest BCUT2D eigenvalue weighted by molar-refractivity contribution is 0.649. The Labute approximate surface area is 109 Å². The molecule has 1 unspecified atom stereocenters. The fourth-order valence-corrected chi connectivity index (χ4v) is 3.48. The Morgan fingerprint density at radius 2 is 2.11 bits per heavy atom. The molecule has 0 radical (unpaired) electrons. The molecule has 0 bridgehead atoms. The van der Waals surface area contributed by atoms with E-state index >= 15 is 0 Å². The number of allylic oxidation sites excluding steroid dienone is 2. The van der Waals surface area contributed by atoms with Crippen LogP contribution in [0.5, 0.6) is 0 Å². The van der Waals surface area contributed by atoms with Crippen LogP contribution in [0.3, 0.4) is 0 Å². The van der Waals surface area contributed by atoms with Crippen LogP contribution in [-0.4, -0.2) is 0 Å². The van der Waals surface area contributed by atoms with Gasteiger partial charge in [0.2, 0.25) is 0 Å². The summed E-state index contributed by atoms with van der Waals surface area (Å²) in [6.07, 6.45) is 9.29. The zero-order valence-corrected chi connectivity index (χ0v) is 11.0. The Morgan fingerprint density at radius 3 is 2.89 bits per heavy atom. The second-order valence-corrected chi connectivity index (χ2v) is 5.45. The minimum atomic E-state index is 0.615. The predicted octanol–water partition coefficient (Wildman–Crippen LogP) is 4.37. The Kier molecular flexibility index (Phi) is 2.96. The van der Waals surface area contributed by atoms with E-state index in [2.05, 4.69) is 31.2 Å². The molecule has 1 aromatic carbocycles. The van der Waals surface area contributed by atoms with Crippen molar-refractivity contribution in [3.05, 3.63) is 40.5 Å². The van der Waals surface area contributed by atoms with E-state index in [0.29, 0.717) is 5.92 Å². The van der Waals surface area contributed by atoms with E-state index < -0.39 is 0 Å². The summed E-state index contributed by atoms with van der Waals surface area (Å²) in [4.78, 5) is 0. The van der Waals surface area contributed by atoms with Crippen molar-refractivity contribution in [2.24, 2.45) is 0 Å². The topological polar surface area (TPSA) is 23.8 Å². The molecule has 0 saturated heterocycles. The van der Waals surface area contributed by atoms with E-state index in [0.717, 1.165) is 18.4 Å². The van der Waals surface area contributed by atoms with E-state index in [9.17, 15) is 5.26 Å². The summed E-state index contributed by atoms with van der Waals surface area (Å²) in [5.74, 6) is 0.615. The highest BCUT2D eigenvalue weighted by atomic mass is 14.3. The van der Waals surface area contributed by atoms with Crippen molar-refractivity contribution in [3.63, 3.8) is 0 Å². The summed E-state index contributed by atoms with van der Waals surface area (Å²) in [6.45, 7) is 2.25. The highest BCUT2D eigenvalue weighted by molar-refractivity contribution is 5.83. The van der Waals surface area contributed by atoms with Gasteiger partial charge < -0.3 is 0 Å². The molecule has 0 fully saturated rings. The molecule has 0 amide bonds. The molecule has 0 aromatic heterocycles. The summed E-state index contributed by atoms with van der Waals surface area (Å²) >= 11 is 0. The summed E-state index contributed by atoms with van der Waals surface area (Å²) in [5, 5.41) is 9.38. The van der Waals surface area contributed by atoms with E-state index in [-0.39, 0.29) is 0 Å². The molecule has 0 spiro atoms. The van der Waals surface area contributed by atoms with Crippen LogP contribution in [-0.2, 0) is 12.8 Å². The molecule has 3 rings (SSSR count). The average Bonchev–Trinajstić information content (AvgIpc) is 2.45. The van der Waals surface area contributed by atoms with Crippen LogP contribution in [0.2, 0.25) is 0 Å². The van der Waals surface area contributed by atoms with Gasteiger partial charge in [-0.25, -0.2) is 0 Å². The molecular formula is C17H19N. The smallest absolute Gasteiger partial charge is 0.0994 e. The van der Waals surface area contributed by atoms with Crippen molar-refractivity contribution < 1.29 is 0 Å².